The maximum Gasteiger partial charge on any atom is 0.174 e. The van der Waals surface area contributed by atoms with Crippen LogP contribution in [0, 0.1) is 30.1 Å². The minimum atomic E-state index is -0.882. The minimum Gasteiger partial charge on any atom is -0.398 e. The number of benzene rings is 1. The Morgan fingerprint density at radius 1 is 1.37 bits per heavy atom. The monoisotopic (exact) mass is 370 g/mol. The summed E-state index contributed by atoms with van der Waals surface area (Å²) < 4.78 is 11.3. The number of hydrogen-bond acceptors (Lipinski definition) is 5. The van der Waals surface area contributed by atoms with Gasteiger partial charge in [0.15, 0.2) is 6.29 Å². The van der Waals surface area contributed by atoms with Crippen molar-refractivity contribution in [1.29, 1.82) is 0 Å². The fraction of sp³-hybridized carbons (Fsp3) is 0.545. The summed E-state index contributed by atoms with van der Waals surface area (Å²) in [6, 6.07) is 5.88. The zero-order chi connectivity index (χ0) is 19.4. The van der Waals surface area contributed by atoms with Gasteiger partial charge in [0.25, 0.3) is 0 Å². The molecule has 0 amide bonds. The summed E-state index contributed by atoms with van der Waals surface area (Å²) in [5.74, 6) is 6.98. The molecule has 1 aromatic rings. The standard InChI is InChI=1S/C22H30N2O3/c1-15-4-5-17(9-8-16-6-7-16)10-18(15)21(25)19(23)11-24-12-20-26-13-22(2,3)14-27-20/h4-5,10-11,16,20-21,24-25H,6-7,12-14,23H2,1-3H3/b19-11-. The fourth-order valence-corrected chi connectivity index (χ4v) is 2.80. The normalized spacial score (nSPS) is 21.3. The maximum atomic E-state index is 10.6. The lowest BCUT2D eigenvalue weighted by Crippen LogP contribution is -2.41. The molecular weight excluding hydrogens is 340 g/mol. The first-order valence-electron chi connectivity index (χ1n) is 9.56. The highest BCUT2D eigenvalue weighted by atomic mass is 16.7. The molecular formula is C22H30N2O3. The molecule has 5 nitrogen and oxygen atoms in total. The van der Waals surface area contributed by atoms with E-state index in [1.54, 1.807) is 6.20 Å². The summed E-state index contributed by atoms with van der Waals surface area (Å²) >= 11 is 0. The number of nitrogens with one attached hydrogen (secondary N) is 1. The highest BCUT2D eigenvalue weighted by Crippen LogP contribution is 2.28. The molecule has 0 aromatic heterocycles. The van der Waals surface area contributed by atoms with Crippen LogP contribution in [0.5, 0.6) is 0 Å². The third-order valence-electron chi connectivity index (χ3n) is 4.76. The molecule has 0 spiro atoms. The Balaban J connectivity index is 1.57. The van der Waals surface area contributed by atoms with Crippen LogP contribution in [0.15, 0.2) is 30.1 Å². The van der Waals surface area contributed by atoms with Gasteiger partial charge in [-0.15, -0.1) is 0 Å². The van der Waals surface area contributed by atoms with E-state index in [9.17, 15) is 5.11 Å². The van der Waals surface area contributed by atoms with Gasteiger partial charge in [0.05, 0.1) is 25.5 Å². The zero-order valence-corrected chi connectivity index (χ0v) is 16.4. The average molecular weight is 370 g/mol. The molecule has 1 heterocycles. The third-order valence-corrected chi connectivity index (χ3v) is 4.76. The summed E-state index contributed by atoms with van der Waals surface area (Å²) in [4.78, 5) is 0. The predicted molar refractivity (Wildman–Crippen MR) is 105 cm³/mol. The molecule has 1 saturated carbocycles. The molecule has 1 aromatic carbocycles. The molecule has 27 heavy (non-hydrogen) atoms. The lowest BCUT2D eigenvalue weighted by molar-refractivity contribution is -0.217. The Morgan fingerprint density at radius 3 is 2.74 bits per heavy atom. The van der Waals surface area contributed by atoms with E-state index in [1.807, 2.05) is 25.1 Å². The van der Waals surface area contributed by atoms with Gasteiger partial charge in [-0.05, 0) is 43.0 Å². The number of hydrogen-bond donors (Lipinski definition) is 3. The second-order valence-corrected chi connectivity index (χ2v) is 8.29. The fourth-order valence-electron chi connectivity index (χ4n) is 2.80. The van der Waals surface area contributed by atoms with Gasteiger partial charge in [0.2, 0.25) is 0 Å². The lowest BCUT2D eigenvalue weighted by Gasteiger charge is -2.34. The van der Waals surface area contributed by atoms with Crippen molar-refractivity contribution < 1.29 is 14.6 Å². The Morgan fingerprint density at radius 2 is 2.07 bits per heavy atom. The largest absolute Gasteiger partial charge is 0.398 e. The van der Waals surface area contributed by atoms with Crippen LogP contribution < -0.4 is 11.1 Å². The van der Waals surface area contributed by atoms with Gasteiger partial charge >= 0.3 is 0 Å². The van der Waals surface area contributed by atoms with Crippen LogP contribution in [0.1, 0.15) is 49.5 Å². The molecule has 0 radical (unpaired) electrons. The predicted octanol–water partition coefficient (Wildman–Crippen LogP) is 2.58. The Labute approximate surface area is 161 Å². The summed E-state index contributed by atoms with van der Waals surface area (Å²) in [6.07, 6.45) is 2.83. The van der Waals surface area contributed by atoms with Crippen molar-refractivity contribution in [3.05, 3.63) is 46.8 Å². The third kappa shape index (κ3) is 5.74. The zero-order valence-electron chi connectivity index (χ0n) is 16.4. The number of ether oxygens (including phenoxy) is 2. The van der Waals surface area contributed by atoms with E-state index in [0.29, 0.717) is 31.4 Å². The van der Waals surface area contributed by atoms with Crippen molar-refractivity contribution in [2.75, 3.05) is 19.8 Å². The van der Waals surface area contributed by atoms with Gasteiger partial charge in [-0.2, -0.15) is 0 Å². The maximum absolute atomic E-state index is 10.6. The second-order valence-electron chi connectivity index (χ2n) is 8.29. The van der Waals surface area contributed by atoms with Crippen LogP contribution in [0.4, 0.5) is 0 Å². The summed E-state index contributed by atoms with van der Waals surface area (Å²) in [5, 5.41) is 13.7. The van der Waals surface area contributed by atoms with Gasteiger partial charge in [0, 0.05) is 23.1 Å². The highest BCUT2D eigenvalue weighted by molar-refractivity contribution is 5.43. The van der Waals surface area contributed by atoms with Gasteiger partial charge in [-0.3, -0.25) is 0 Å². The van der Waals surface area contributed by atoms with Crippen LogP contribution >= 0.6 is 0 Å². The van der Waals surface area contributed by atoms with E-state index >= 15 is 0 Å². The summed E-state index contributed by atoms with van der Waals surface area (Å²) in [5.41, 5.74) is 9.16. The first-order valence-corrected chi connectivity index (χ1v) is 9.56. The molecule has 146 valence electrons. The van der Waals surface area contributed by atoms with Crippen molar-refractivity contribution in [2.24, 2.45) is 17.1 Å². The van der Waals surface area contributed by atoms with Gasteiger partial charge < -0.3 is 25.6 Å². The molecule has 2 aliphatic rings. The Bertz CT molecular complexity index is 747. The topological polar surface area (TPSA) is 76.7 Å². The summed E-state index contributed by atoms with van der Waals surface area (Å²) in [7, 11) is 0. The van der Waals surface area contributed by atoms with E-state index in [-0.39, 0.29) is 11.7 Å². The van der Waals surface area contributed by atoms with Gasteiger partial charge in [-0.25, -0.2) is 0 Å². The van der Waals surface area contributed by atoms with Crippen LogP contribution in [0.2, 0.25) is 0 Å². The van der Waals surface area contributed by atoms with Crippen LogP contribution in [0.3, 0.4) is 0 Å². The van der Waals surface area contributed by atoms with Gasteiger partial charge in [-0.1, -0.05) is 31.8 Å². The van der Waals surface area contributed by atoms with Crippen LogP contribution in [0.25, 0.3) is 0 Å². The van der Waals surface area contributed by atoms with Crippen molar-refractivity contribution in [2.45, 2.75) is 46.0 Å². The second kappa shape index (κ2) is 8.35. The number of aliphatic hydroxyl groups excluding tert-OH is 1. The van der Waals surface area contributed by atoms with Crippen molar-refractivity contribution in [3.63, 3.8) is 0 Å². The Hall–Kier alpha value is -2.00. The number of aliphatic hydroxyl groups is 1. The van der Waals surface area contributed by atoms with Gasteiger partial charge in [0.1, 0.15) is 6.10 Å². The van der Waals surface area contributed by atoms with E-state index in [4.69, 9.17) is 15.2 Å². The first kappa shape index (κ1) is 19.8. The molecule has 0 bridgehead atoms. The average Bonchev–Trinajstić information content (AvgIpc) is 3.46. The van der Waals surface area contributed by atoms with Crippen LogP contribution in [-0.4, -0.2) is 31.2 Å². The Kier molecular flexibility index (Phi) is 6.11. The molecule has 1 aliphatic carbocycles. The molecule has 1 atom stereocenters. The molecule has 5 heteroatoms. The SMILES string of the molecule is Cc1ccc(C#CC2CC2)cc1C(O)/C(N)=C/NCC1OCC(C)(C)CO1. The highest BCUT2D eigenvalue weighted by Gasteiger charge is 2.28. The van der Waals surface area contributed by atoms with Crippen LogP contribution in [-0.2, 0) is 9.47 Å². The molecule has 1 saturated heterocycles. The molecule has 3 rings (SSSR count). The minimum absolute atomic E-state index is 0.0481. The van der Waals surface area contributed by atoms with E-state index in [2.05, 4.69) is 31.0 Å². The molecule has 1 unspecified atom stereocenters. The first-order chi connectivity index (χ1) is 12.8. The van der Waals surface area contributed by atoms with E-state index < -0.39 is 6.10 Å². The number of aryl methyl sites for hydroxylation is 1. The number of rotatable bonds is 5. The van der Waals surface area contributed by atoms with Crippen molar-refractivity contribution in [1.82, 2.24) is 5.32 Å². The van der Waals surface area contributed by atoms with Crippen molar-refractivity contribution >= 4 is 0 Å². The smallest absolute Gasteiger partial charge is 0.174 e. The van der Waals surface area contributed by atoms with E-state index in [1.165, 1.54) is 12.8 Å². The quantitative estimate of drug-likeness (QED) is 0.695. The molecule has 1 aliphatic heterocycles. The lowest BCUT2D eigenvalue weighted by atomic mass is 9.96. The molecule has 4 N–H and O–H groups in total. The van der Waals surface area contributed by atoms with E-state index in [0.717, 1.165) is 16.7 Å². The summed E-state index contributed by atoms with van der Waals surface area (Å²) in [6.45, 7) is 7.98. The van der Waals surface area contributed by atoms with Crippen molar-refractivity contribution in [3.8, 4) is 11.8 Å². The molecule has 2 fully saturated rings. The number of nitrogens with two attached hydrogens (primary N) is 1.